The molecule has 0 bridgehead atoms. The second-order valence-electron chi connectivity index (χ2n) is 4.63. The topological polar surface area (TPSA) is 63.2 Å². The molecule has 2 amide bonds. The van der Waals surface area contributed by atoms with Gasteiger partial charge in [-0.3, -0.25) is 4.98 Å². The van der Waals surface area contributed by atoms with Crippen molar-refractivity contribution in [2.45, 2.75) is 19.6 Å². The lowest BCUT2D eigenvalue weighted by Gasteiger charge is -2.16. The summed E-state index contributed by atoms with van der Waals surface area (Å²) in [6, 6.07) is 7.12. The van der Waals surface area contributed by atoms with Gasteiger partial charge >= 0.3 is 12.6 Å². The third-order valence-corrected chi connectivity index (χ3v) is 3.81. The van der Waals surface area contributed by atoms with E-state index in [-0.39, 0.29) is 11.8 Å². The maximum absolute atomic E-state index is 12.2. The van der Waals surface area contributed by atoms with Crippen LogP contribution in [0, 0.1) is 3.57 Å². The Morgan fingerprint density at radius 1 is 1.35 bits per heavy atom. The Labute approximate surface area is 145 Å². The highest BCUT2D eigenvalue weighted by Gasteiger charge is 2.12. The third kappa shape index (κ3) is 5.31. The molecular weight excluding hydrogens is 419 g/mol. The van der Waals surface area contributed by atoms with Gasteiger partial charge in [0.2, 0.25) is 0 Å². The molecule has 2 rings (SSSR count). The van der Waals surface area contributed by atoms with Gasteiger partial charge in [-0.1, -0.05) is 12.1 Å². The molecule has 0 aliphatic rings. The van der Waals surface area contributed by atoms with Gasteiger partial charge in [0, 0.05) is 12.4 Å². The highest BCUT2D eigenvalue weighted by atomic mass is 127. The van der Waals surface area contributed by atoms with Gasteiger partial charge in [-0.15, -0.1) is 0 Å². The van der Waals surface area contributed by atoms with E-state index in [0.717, 1.165) is 3.57 Å². The summed E-state index contributed by atoms with van der Waals surface area (Å²) in [5.41, 5.74) is 1.29. The van der Waals surface area contributed by atoms with Crippen LogP contribution in [0.2, 0.25) is 0 Å². The van der Waals surface area contributed by atoms with Crippen LogP contribution in [0.4, 0.5) is 19.3 Å². The highest BCUT2D eigenvalue weighted by molar-refractivity contribution is 14.1. The van der Waals surface area contributed by atoms with Gasteiger partial charge in [0.1, 0.15) is 5.75 Å². The molecule has 2 aromatic rings. The summed E-state index contributed by atoms with van der Waals surface area (Å²) in [7, 11) is 0. The molecule has 0 saturated heterocycles. The van der Waals surface area contributed by atoms with Crippen LogP contribution in [-0.2, 0) is 0 Å². The Kier molecular flexibility index (Phi) is 6.08. The van der Waals surface area contributed by atoms with Gasteiger partial charge in [-0.05, 0) is 53.3 Å². The molecular formula is C15H14F2IN3O2. The van der Waals surface area contributed by atoms with Gasteiger partial charge in [0.15, 0.2) is 0 Å². The first kappa shape index (κ1) is 17.4. The largest absolute Gasteiger partial charge is 0.435 e. The number of carbonyl (C=O) groups excluding carboxylic acids is 1. The molecule has 0 spiro atoms. The first-order valence-electron chi connectivity index (χ1n) is 6.67. The summed E-state index contributed by atoms with van der Waals surface area (Å²) in [5, 5.41) is 5.44. The molecule has 0 unspecified atom stereocenters. The smallest absolute Gasteiger partial charge is 0.387 e. The van der Waals surface area contributed by atoms with Crippen molar-refractivity contribution >= 4 is 34.3 Å². The molecule has 8 heteroatoms. The summed E-state index contributed by atoms with van der Waals surface area (Å²) in [6.07, 6.45) is 3.21. The number of hydrogen-bond acceptors (Lipinski definition) is 3. The van der Waals surface area contributed by atoms with Crippen LogP contribution in [0.25, 0.3) is 0 Å². The fraction of sp³-hybridized carbons (Fsp3) is 0.200. The highest BCUT2D eigenvalue weighted by Crippen LogP contribution is 2.21. The minimum atomic E-state index is -2.88. The zero-order valence-electron chi connectivity index (χ0n) is 12.1. The van der Waals surface area contributed by atoms with Crippen molar-refractivity contribution < 1.29 is 18.3 Å². The van der Waals surface area contributed by atoms with Crippen molar-refractivity contribution in [1.82, 2.24) is 10.3 Å². The van der Waals surface area contributed by atoms with E-state index in [0.29, 0.717) is 11.3 Å². The predicted molar refractivity (Wildman–Crippen MR) is 90.6 cm³/mol. The molecule has 2 N–H and O–H groups in total. The number of benzene rings is 1. The van der Waals surface area contributed by atoms with E-state index >= 15 is 0 Å². The number of urea groups is 1. The SMILES string of the molecule is C[C@@H](NC(=O)Nc1ccncc1I)c1cccc(OC(F)F)c1. The molecule has 0 aliphatic carbocycles. The molecule has 1 aromatic carbocycles. The van der Waals surface area contributed by atoms with Crippen molar-refractivity contribution in [2.24, 2.45) is 0 Å². The number of anilines is 1. The predicted octanol–water partition coefficient (Wildman–Crippen LogP) is 4.17. The minimum Gasteiger partial charge on any atom is -0.435 e. The van der Waals surface area contributed by atoms with E-state index in [1.807, 2.05) is 0 Å². The maximum atomic E-state index is 12.2. The molecule has 1 atom stereocenters. The quantitative estimate of drug-likeness (QED) is 0.696. The molecule has 5 nitrogen and oxygen atoms in total. The number of pyridine rings is 1. The average molecular weight is 433 g/mol. The first-order chi connectivity index (χ1) is 11.0. The number of nitrogens with zero attached hydrogens (tertiary/aromatic N) is 1. The van der Waals surface area contributed by atoms with Gasteiger partial charge in [-0.25, -0.2) is 4.79 Å². The van der Waals surface area contributed by atoms with Gasteiger partial charge in [0.25, 0.3) is 0 Å². The summed E-state index contributed by atoms with van der Waals surface area (Å²) in [5.74, 6) is 0.0511. The Morgan fingerprint density at radius 2 is 2.13 bits per heavy atom. The Morgan fingerprint density at radius 3 is 2.83 bits per heavy atom. The lowest BCUT2D eigenvalue weighted by Crippen LogP contribution is -2.31. The molecule has 0 saturated carbocycles. The molecule has 0 aliphatic heterocycles. The number of hydrogen-bond donors (Lipinski definition) is 2. The second-order valence-corrected chi connectivity index (χ2v) is 5.79. The van der Waals surface area contributed by atoms with Crippen LogP contribution in [0.3, 0.4) is 0 Å². The van der Waals surface area contributed by atoms with E-state index in [2.05, 4.69) is 42.9 Å². The first-order valence-corrected chi connectivity index (χ1v) is 7.75. The van der Waals surface area contributed by atoms with Crippen LogP contribution in [0.15, 0.2) is 42.7 Å². The van der Waals surface area contributed by atoms with E-state index in [1.54, 1.807) is 37.5 Å². The van der Waals surface area contributed by atoms with Crippen LogP contribution >= 0.6 is 22.6 Å². The number of rotatable bonds is 5. The van der Waals surface area contributed by atoms with Gasteiger partial charge in [0.05, 0.1) is 15.3 Å². The number of alkyl halides is 2. The lowest BCUT2D eigenvalue weighted by molar-refractivity contribution is -0.0499. The Balaban J connectivity index is 1.99. The Bertz CT molecular complexity index is 685. The number of amides is 2. The maximum Gasteiger partial charge on any atom is 0.387 e. The summed E-state index contributed by atoms with van der Waals surface area (Å²) in [4.78, 5) is 16.0. The zero-order chi connectivity index (χ0) is 16.8. The normalized spacial score (nSPS) is 11.9. The standard InChI is InChI=1S/C15H14F2IN3O2/c1-9(10-3-2-4-11(7-10)23-14(16)17)20-15(22)21-13-5-6-19-8-12(13)18/h2-9,14H,1H3,(H2,19,20,21,22)/t9-/m1/s1. The number of halogens is 3. The van der Waals surface area contributed by atoms with Crippen molar-refractivity contribution in [1.29, 1.82) is 0 Å². The number of nitrogens with one attached hydrogen (secondary N) is 2. The van der Waals surface area contributed by atoms with Crippen LogP contribution in [-0.4, -0.2) is 17.6 Å². The number of ether oxygens (including phenoxy) is 1. The second kappa shape index (κ2) is 8.04. The van der Waals surface area contributed by atoms with Crippen molar-refractivity contribution in [3.05, 3.63) is 51.9 Å². The van der Waals surface area contributed by atoms with Crippen molar-refractivity contribution in [3.63, 3.8) is 0 Å². The fourth-order valence-corrected chi connectivity index (χ4v) is 2.35. The lowest BCUT2D eigenvalue weighted by atomic mass is 10.1. The molecule has 23 heavy (non-hydrogen) atoms. The van der Waals surface area contributed by atoms with E-state index in [9.17, 15) is 13.6 Å². The van der Waals surface area contributed by atoms with E-state index < -0.39 is 12.6 Å². The number of carbonyl (C=O) groups is 1. The van der Waals surface area contributed by atoms with E-state index in [1.165, 1.54) is 12.1 Å². The van der Waals surface area contributed by atoms with Gasteiger partial charge < -0.3 is 15.4 Å². The summed E-state index contributed by atoms with van der Waals surface area (Å²) >= 11 is 2.06. The third-order valence-electron chi connectivity index (χ3n) is 2.95. The summed E-state index contributed by atoms with van der Waals surface area (Å²) in [6.45, 7) is -1.14. The molecule has 1 aromatic heterocycles. The van der Waals surface area contributed by atoms with E-state index in [4.69, 9.17) is 0 Å². The molecule has 122 valence electrons. The number of aromatic nitrogens is 1. The zero-order valence-corrected chi connectivity index (χ0v) is 14.3. The minimum absolute atomic E-state index is 0.0511. The van der Waals surface area contributed by atoms with Crippen molar-refractivity contribution in [2.75, 3.05) is 5.32 Å². The average Bonchev–Trinajstić information content (AvgIpc) is 2.49. The van der Waals surface area contributed by atoms with Crippen LogP contribution < -0.4 is 15.4 Å². The molecule has 0 fully saturated rings. The fourth-order valence-electron chi connectivity index (χ4n) is 1.88. The van der Waals surface area contributed by atoms with Crippen LogP contribution in [0.5, 0.6) is 5.75 Å². The monoisotopic (exact) mass is 433 g/mol. The summed E-state index contributed by atoms with van der Waals surface area (Å²) < 4.78 is 29.6. The van der Waals surface area contributed by atoms with Crippen molar-refractivity contribution in [3.8, 4) is 5.75 Å². The molecule has 1 heterocycles. The Hall–Kier alpha value is -1.97. The van der Waals surface area contributed by atoms with Crippen LogP contribution in [0.1, 0.15) is 18.5 Å². The molecule has 0 radical (unpaired) electrons. The van der Waals surface area contributed by atoms with Gasteiger partial charge in [-0.2, -0.15) is 8.78 Å².